The Morgan fingerprint density at radius 3 is 2.41 bits per heavy atom. The molecule has 12 heteroatoms. The van der Waals surface area contributed by atoms with E-state index in [1.807, 2.05) is 49.6 Å². The minimum absolute atomic E-state index is 0.0964. The monoisotopic (exact) mass is 648 g/mol. The molecule has 1 unspecified atom stereocenters. The van der Waals surface area contributed by atoms with Crippen LogP contribution in [0.25, 0.3) is 22.8 Å². The number of carbonyl (C=O) groups excluding carboxylic acids is 1. The Morgan fingerprint density at radius 2 is 1.74 bits per heavy atom. The van der Waals surface area contributed by atoms with Crippen molar-refractivity contribution in [3.8, 4) is 28.5 Å². The van der Waals surface area contributed by atoms with Crippen molar-refractivity contribution in [2.45, 2.75) is 65.8 Å². The molecule has 2 aromatic heterocycles. The van der Waals surface area contributed by atoms with Gasteiger partial charge in [-0.2, -0.15) is 4.99 Å². The van der Waals surface area contributed by atoms with Crippen molar-refractivity contribution >= 4 is 17.4 Å². The number of benzene rings is 3. The van der Waals surface area contributed by atoms with Gasteiger partial charge in [-0.05, 0) is 86.6 Å². The van der Waals surface area contributed by atoms with Gasteiger partial charge in [-0.25, -0.2) is 14.5 Å². The molecule has 0 aliphatic carbocycles. The lowest BCUT2D eigenvalue weighted by Crippen LogP contribution is -2.32. The van der Waals surface area contributed by atoms with Gasteiger partial charge >= 0.3 is 12.4 Å². The fourth-order valence-electron chi connectivity index (χ4n) is 5.30. The van der Waals surface area contributed by atoms with Crippen LogP contribution in [-0.2, 0) is 6.42 Å². The maximum absolute atomic E-state index is 12.9. The minimum Gasteiger partial charge on any atom is -0.406 e. The first-order valence-corrected chi connectivity index (χ1v) is 15.8. The number of hydrogen-bond donors (Lipinski definition) is 1. The van der Waals surface area contributed by atoms with E-state index in [4.69, 9.17) is 0 Å². The van der Waals surface area contributed by atoms with Gasteiger partial charge < -0.3 is 10.1 Å². The highest BCUT2D eigenvalue weighted by molar-refractivity contribution is 7.07. The summed E-state index contributed by atoms with van der Waals surface area (Å²) in [6.45, 7) is 10.4. The molecule has 0 spiro atoms. The first-order chi connectivity index (χ1) is 21.9. The van der Waals surface area contributed by atoms with Crippen LogP contribution in [0.15, 0.2) is 83.4 Å². The standard InChI is InChI=1S/C34H35F3N6O2S/c1-21(2)30-22(3)7-6-8-29(30)43-24(5)19-46-33(43)40-32(44)39-23(4)9-10-25-11-13-26(14-12-25)31-38-20-42(41-31)27-15-17-28(18-16-27)45-34(35,36)37/h6-8,11-21,23H,9-10H2,1-5H3,(H,39,44)/b40-33-. The third-order valence-electron chi connectivity index (χ3n) is 7.47. The molecule has 240 valence electrons. The Bertz CT molecular complexity index is 1870. The number of nitrogens with one attached hydrogen (secondary N) is 1. The molecule has 0 saturated heterocycles. The van der Waals surface area contributed by atoms with Crippen molar-refractivity contribution in [3.63, 3.8) is 0 Å². The van der Waals surface area contributed by atoms with E-state index in [1.165, 1.54) is 57.7 Å². The number of hydrogen-bond acceptors (Lipinski definition) is 5. The number of thiazole rings is 1. The maximum atomic E-state index is 12.9. The Hall–Kier alpha value is -4.71. The van der Waals surface area contributed by atoms with Crippen LogP contribution in [0.5, 0.6) is 5.75 Å². The summed E-state index contributed by atoms with van der Waals surface area (Å²) in [6, 6.07) is 19.0. The Morgan fingerprint density at radius 1 is 1.02 bits per heavy atom. The predicted molar refractivity (Wildman–Crippen MR) is 173 cm³/mol. The summed E-state index contributed by atoms with van der Waals surface area (Å²) in [6.07, 6.45) is -1.78. The lowest BCUT2D eigenvalue weighted by atomic mass is 9.96. The number of halogens is 3. The van der Waals surface area contributed by atoms with Crippen LogP contribution in [0, 0.1) is 13.8 Å². The highest BCUT2D eigenvalue weighted by Gasteiger charge is 2.31. The topological polar surface area (TPSA) is 86.3 Å². The average Bonchev–Trinajstić information content (AvgIpc) is 3.62. The number of nitrogens with zero attached hydrogens (tertiary/aromatic N) is 5. The highest BCUT2D eigenvalue weighted by atomic mass is 32.1. The SMILES string of the molecule is Cc1cccc(-n2c(C)cs/c2=N\C(=O)NC(C)CCc2ccc(-c3ncn(-c4ccc(OC(F)(F)F)cc4)n3)cc2)c1C(C)C. The molecule has 5 aromatic rings. The van der Waals surface area contributed by atoms with Crippen LogP contribution in [0.1, 0.15) is 55.5 Å². The summed E-state index contributed by atoms with van der Waals surface area (Å²) in [5, 5.41) is 9.47. The zero-order valence-electron chi connectivity index (χ0n) is 26.2. The van der Waals surface area contributed by atoms with Gasteiger partial charge in [-0.1, -0.05) is 50.2 Å². The lowest BCUT2D eigenvalue weighted by molar-refractivity contribution is -0.274. The van der Waals surface area contributed by atoms with Crippen LogP contribution in [0.3, 0.4) is 0 Å². The number of alkyl halides is 3. The van der Waals surface area contributed by atoms with Gasteiger partial charge in [-0.3, -0.25) is 4.57 Å². The zero-order valence-corrected chi connectivity index (χ0v) is 27.0. The third kappa shape index (κ3) is 7.92. The third-order valence-corrected chi connectivity index (χ3v) is 8.41. The van der Waals surface area contributed by atoms with Crippen LogP contribution in [0.2, 0.25) is 0 Å². The Kier molecular flexibility index (Phi) is 9.76. The van der Waals surface area contributed by atoms with E-state index in [2.05, 4.69) is 62.6 Å². The first kappa shape index (κ1) is 32.7. The van der Waals surface area contributed by atoms with Crippen LogP contribution in [-0.4, -0.2) is 37.8 Å². The second-order valence-corrected chi connectivity index (χ2v) is 12.2. The number of amides is 2. The van der Waals surface area contributed by atoms with Crippen molar-refractivity contribution in [1.82, 2.24) is 24.6 Å². The summed E-state index contributed by atoms with van der Waals surface area (Å²) in [4.78, 5) is 22.3. The molecule has 0 fully saturated rings. The van der Waals surface area contributed by atoms with Crippen molar-refractivity contribution in [2.75, 3.05) is 0 Å². The number of urea groups is 1. The van der Waals surface area contributed by atoms with Gasteiger partial charge in [0.05, 0.1) is 11.4 Å². The van der Waals surface area contributed by atoms with Crippen molar-refractivity contribution in [2.24, 2.45) is 4.99 Å². The molecular formula is C34H35F3N6O2S. The molecule has 46 heavy (non-hydrogen) atoms. The maximum Gasteiger partial charge on any atom is 0.573 e. The van der Waals surface area contributed by atoms with E-state index in [0.29, 0.717) is 22.2 Å². The number of ether oxygens (including phenoxy) is 1. The van der Waals surface area contributed by atoms with E-state index >= 15 is 0 Å². The molecule has 0 aliphatic rings. The summed E-state index contributed by atoms with van der Waals surface area (Å²) < 4.78 is 44.7. The number of aromatic nitrogens is 4. The molecule has 8 nitrogen and oxygen atoms in total. The van der Waals surface area contributed by atoms with Crippen molar-refractivity contribution < 1.29 is 22.7 Å². The summed E-state index contributed by atoms with van der Waals surface area (Å²) in [7, 11) is 0. The molecule has 1 atom stereocenters. The smallest absolute Gasteiger partial charge is 0.406 e. The molecule has 0 saturated carbocycles. The molecule has 2 amide bonds. The molecule has 2 heterocycles. The van der Waals surface area contributed by atoms with E-state index in [1.54, 1.807) is 0 Å². The number of rotatable bonds is 9. The Labute approximate surface area is 269 Å². The van der Waals surface area contributed by atoms with E-state index in [0.717, 1.165) is 35.3 Å². The van der Waals surface area contributed by atoms with Crippen molar-refractivity contribution in [3.05, 3.63) is 106 Å². The summed E-state index contributed by atoms with van der Waals surface area (Å²) >= 11 is 1.45. The van der Waals surface area contributed by atoms with Crippen molar-refractivity contribution in [1.29, 1.82) is 0 Å². The summed E-state index contributed by atoms with van der Waals surface area (Å²) in [5.41, 5.74) is 6.96. The van der Waals surface area contributed by atoms with Gasteiger partial charge in [0.2, 0.25) is 0 Å². The van der Waals surface area contributed by atoms with Gasteiger partial charge in [0, 0.05) is 22.7 Å². The van der Waals surface area contributed by atoms with Gasteiger partial charge in [0.25, 0.3) is 0 Å². The lowest BCUT2D eigenvalue weighted by Gasteiger charge is -2.18. The fourth-order valence-corrected chi connectivity index (χ4v) is 6.17. The molecule has 0 aliphatic heterocycles. The highest BCUT2D eigenvalue weighted by Crippen LogP contribution is 2.27. The second-order valence-electron chi connectivity index (χ2n) is 11.4. The average molecular weight is 649 g/mol. The molecule has 1 N–H and O–H groups in total. The first-order valence-electron chi connectivity index (χ1n) is 14.9. The summed E-state index contributed by atoms with van der Waals surface area (Å²) in [5.74, 6) is 0.500. The molecule has 5 rings (SSSR count). The van der Waals surface area contributed by atoms with Crippen LogP contribution < -0.4 is 14.9 Å². The van der Waals surface area contributed by atoms with Crippen LogP contribution in [0.4, 0.5) is 18.0 Å². The molecule has 0 radical (unpaired) electrons. The normalized spacial score (nSPS) is 12.8. The van der Waals surface area contributed by atoms with Gasteiger partial charge in [-0.15, -0.1) is 29.6 Å². The van der Waals surface area contributed by atoms with Gasteiger partial charge in [0.15, 0.2) is 10.6 Å². The second kappa shape index (κ2) is 13.7. The quantitative estimate of drug-likeness (QED) is 0.175. The van der Waals surface area contributed by atoms with Gasteiger partial charge in [0.1, 0.15) is 12.1 Å². The fraction of sp³-hybridized carbons (Fsp3) is 0.294. The van der Waals surface area contributed by atoms with Crippen LogP contribution >= 0.6 is 11.3 Å². The zero-order chi connectivity index (χ0) is 33.0. The number of aryl methyl sites for hydroxylation is 3. The molecule has 3 aromatic carbocycles. The molecular weight excluding hydrogens is 613 g/mol. The van der Waals surface area contributed by atoms with E-state index in [9.17, 15) is 18.0 Å². The largest absolute Gasteiger partial charge is 0.573 e. The molecule has 0 bridgehead atoms. The minimum atomic E-state index is -4.75. The predicted octanol–water partition coefficient (Wildman–Crippen LogP) is 8.06. The van der Waals surface area contributed by atoms with E-state index in [-0.39, 0.29) is 17.8 Å². The van der Waals surface area contributed by atoms with E-state index < -0.39 is 6.36 Å². The number of carbonyl (C=O) groups is 1. The Balaban J connectivity index is 1.19.